The summed E-state index contributed by atoms with van der Waals surface area (Å²) in [6.45, 7) is 4.04. The number of carbonyl (C=O) groups excluding carboxylic acids is 1. The molecule has 0 bridgehead atoms. The number of aliphatic hydroxyl groups excluding tert-OH is 2. The summed E-state index contributed by atoms with van der Waals surface area (Å²) in [4.78, 5) is 12.2. The van der Waals surface area contributed by atoms with Crippen LogP contribution < -0.4 is 5.32 Å². The SMILES string of the molecule is CC/C=C\C/C=C\C/C=C\C/C=C\C/C=C\CCCCCCCCCCCCCCCCCC(=O)NC(CO)C(O)/C=C/CCCC. The lowest BCUT2D eigenvalue weighted by Crippen LogP contribution is -2.45. The first-order chi connectivity index (χ1) is 23.2. The van der Waals surface area contributed by atoms with Crippen molar-refractivity contribution in [1.82, 2.24) is 5.32 Å². The lowest BCUT2D eigenvalue weighted by Gasteiger charge is -2.19. The van der Waals surface area contributed by atoms with Crippen molar-refractivity contribution < 1.29 is 15.0 Å². The van der Waals surface area contributed by atoms with Crippen molar-refractivity contribution >= 4 is 5.91 Å². The molecule has 0 rings (SSSR count). The molecule has 1 amide bonds. The minimum absolute atomic E-state index is 0.0774. The topological polar surface area (TPSA) is 69.6 Å². The van der Waals surface area contributed by atoms with Gasteiger partial charge in [0.1, 0.15) is 0 Å². The highest BCUT2D eigenvalue weighted by atomic mass is 16.3. The Kier molecular flexibility index (Phi) is 36.5. The molecule has 0 aliphatic rings. The van der Waals surface area contributed by atoms with Crippen molar-refractivity contribution in [2.24, 2.45) is 0 Å². The van der Waals surface area contributed by atoms with Crippen LogP contribution in [-0.4, -0.2) is 34.9 Å². The number of carbonyl (C=O) groups is 1. The molecule has 2 atom stereocenters. The Bertz CT molecular complexity index is 838. The number of rotatable bonds is 34. The first-order valence-electron chi connectivity index (χ1n) is 19.7. The second kappa shape index (κ2) is 38.3. The normalized spacial score (nSPS) is 13.9. The molecule has 2 unspecified atom stereocenters. The van der Waals surface area contributed by atoms with Crippen LogP contribution in [0.1, 0.15) is 174 Å². The Morgan fingerprint density at radius 1 is 0.532 bits per heavy atom. The maximum absolute atomic E-state index is 12.2. The van der Waals surface area contributed by atoms with Crippen LogP contribution >= 0.6 is 0 Å². The summed E-state index contributed by atoms with van der Waals surface area (Å²) < 4.78 is 0. The van der Waals surface area contributed by atoms with Gasteiger partial charge in [0.25, 0.3) is 0 Å². The zero-order chi connectivity index (χ0) is 34.3. The summed E-state index contributed by atoms with van der Waals surface area (Å²) in [5.74, 6) is -0.0774. The molecule has 47 heavy (non-hydrogen) atoms. The highest BCUT2D eigenvalue weighted by Crippen LogP contribution is 2.14. The average Bonchev–Trinajstić information content (AvgIpc) is 3.08. The van der Waals surface area contributed by atoms with Gasteiger partial charge in [-0.2, -0.15) is 0 Å². The molecule has 0 saturated carbocycles. The highest BCUT2D eigenvalue weighted by Gasteiger charge is 2.17. The fraction of sp³-hybridized carbons (Fsp3) is 0.698. The molecule has 270 valence electrons. The fourth-order valence-corrected chi connectivity index (χ4v) is 5.42. The highest BCUT2D eigenvalue weighted by molar-refractivity contribution is 5.76. The number of hydrogen-bond acceptors (Lipinski definition) is 3. The van der Waals surface area contributed by atoms with Crippen LogP contribution in [0.5, 0.6) is 0 Å². The van der Waals surface area contributed by atoms with E-state index in [0.717, 1.165) is 64.2 Å². The van der Waals surface area contributed by atoms with Crippen LogP contribution in [0.4, 0.5) is 0 Å². The third kappa shape index (κ3) is 35.0. The van der Waals surface area contributed by atoms with Crippen LogP contribution in [-0.2, 0) is 4.79 Å². The van der Waals surface area contributed by atoms with E-state index < -0.39 is 12.1 Å². The minimum atomic E-state index is -0.836. The van der Waals surface area contributed by atoms with E-state index in [4.69, 9.17) is 0 Å². The molecule has 0 saturated heterocycles. The third-order valence-electron chi connectivity index (χ3n) is 8.45. The quantitative estimate of drug-likeness (QED) is 0.0478. The van der Waals surface area contributed by atoms with Gasteiger partial charge in [0.15, 0.2) is 0 Å². The predicted octanol–water partition coefficient (Wildman–Crippen LogP) is 12.0. The molecule has 0 aromatic heterocycles. The molecule has 0 aliphatic carbocycles. The Morgan fingerprint density at radius 3 is 1.38 bits per heavy atom. The summed E-state index contributed by atoms with van der Waals surface area (Å²) in [6, 6.07) is -0.619. The Labute approximate surface area is 291 Å². The standard InChI is InChI=1S/C43H75NO3/c1-3-5-7-9-10-11-12-13-14-15-16-17-18-19-20-21-22-23-24-25-26-27-28-29-30-31-32-33-34-35-37-39-43(47)44-41(40-45)42(46)38-36-8-6-4-2/h5,7,10-11,13-14,16-17,19-20,36,38,41-42,45-46H,3-4,6,8-9,12,15,18,21-35,37,39-40H2,1-2H3,(H,44,47)/b7-5-,11-10-,14-13-,17-16-,20-19-,38-36+. The van der Waals surface area contributed by atoms with Crippen molar-refractivity contribution in [2.75, 3.05) is 6.61 Å². The lowest BCUT2D eigenvalue weighted by atomic mass is 10.0. The van der Waals surface area contributed by atoms with Crippen LogP contribution in [0.2, 0.25) is 0 Å². The van der Waals surface area contributed by atoms with Gasteiger partial charge in [-0.1, -0.05) is 183 Å². The molecular formula is C43H75NO3. The van der Waals surface area contributed by atoms with Gasteiger partial charge in [0.05, 0.1) is 18.8 Å². The van der Waals surface area contributed by atoms with E-state index in [0.29, 0.717) is 6.42 Å². The van der Waals surface area contributed by atoms with Gasteiger partial charge in [-0.25, -0.2) is 0 Å². The zero-order valence-corrected chi connectivity index (χ0v) is 30.8. The molecule has 0 aliphatic heterocycles. The number of amides is 1. The Balaban J connectivity index is 3.44. The van der Waals surface area contributed by atoms with Gasteiger partial charge in [0, 0.05) is 6.42 Å². The summed E-state index contributed by atoms with van der Waals surface area (Å²) >= 11 is 0. The maximum atomic E-state index is 12.2. The molecule has 3 N–H and O–H groups in total. The molecule has 0 fully saturated rings. The van der Waals surface area contributed by atoms with Crippen molar-refractivity contribution in [2.45, 2.75) is 187 Å². The maximum Gasteiger partial charge on any atom is 0.220 e. The van der Waals surface area contributed by atoms with Crippen LogP contribution in [0, 0.1) is 0 Å². The van der Waals surface area contributed by atoms with E-state index in [2.05, 4.69) is 79.9 Å². The van der Waals surface area contributed by atoms with Crippen molar-refractivity contribution in [3.05, 3.63) is 72.9 Å². The molecule has 0 aromatic rings. The second-order valence-electron chi connectivity index (χ2n) is 13.0. The molecule has 0 spiro atoms. The van der Waals surface area contributed by atoms with Crippen molar-refractivity contribution in [3.63, 3.8) is 0 Å². The molecule has 0 radical (unpaired) electrons. The van der Waals surface area contributed by atoms with E-state index in [1.807, 2.05) is 6.08 Å². The number of hydrogen-bond donors (Lipinski definition) is 3. The fourth-order valence-electron chi connectivity index (χ4n) is 5.42. The van der Waals surface area contributed by atoms with Crippen LogP contribution in [0.25, 0.3) is 0 Å². The van der Waals surface area contributed by atoms with Gasteiger partial charge in [0.2, 0.25) is 5.91 Å². The first-order valence-corrected chi connectivity index (χ1v) is 19.7. The monoisotopic (exact) mass is 654 g/mol. The van der Waals surface area contributed by atoms with Crippen LogP contribution in [0.3, 0.4) is 0 Å². The molecule has 0 aromatic carbocycles. The van der Waals surface area contributed by atoms with Gasteiger partial charge >= 0.3 is 0 Å². The summed E-state index contributed by atoms with van der Waals surface area (Å²) in [5.41, 5.74) is 0. The van der Waals surface area contributed by atoms with Crippen molar-refractivity contribution in [3.8, 4) is 0 Å². The lowest BCUT2D eigenvalue weighted by molar-refractivity contribution is -0.123. The minimum Gasteiger partial charge on any atom is -0.394 e. The third-order valence-corrected chi connectivity index (χ3v) is 8.45. The largest absolute Gasteiger partial charge is 0.394 e. The molecule has 0 heterocycles. The van der Waals surface area contributed by atoms with E-state index in [1.54, 1.807) is 6.08 Å². The smallest absolute Gasteiger partial charge is 0.220 e. The predicted molar refractivity (Wildman–Crippen MR) is 207 cm³/mol. The second-order valence-corrected chi connectivity index (χ2v) is 13.0. The number of unbranched alkanes of at least 4 members (excludes halogenated alkanes) is 17. The van der Waals surface area contributed by atoms with E-state index in [-0.39, 0.29) is 12.5 Å². The zero-order valence-electron chi connectivity index (χ0n) is 30.8. The van der Waals surface area contributed by atoms with Gasteiger partial charge in [-0.3, -0.25) is 4.79 Å². The van der Waals surface area contributed by atoms with Crippen LogP contribution in [0.15, 0.2) is 72.9 Å². The Morgan fingerprint density at radius 2 is 0.936 bits per heavy atom. The van der Waals surface area contributed by atoms with Crippen molar-refractivity contribution in [1.29, 1.82) is 0 Å². The first kappa shape index (κ1) is 44.8. The Hall–Kier alpha value is -2.17. The van der Waals surface area contributed by atoms with Gasteiger partial charge in [-0.15, -0.1) is 0 Å². The number of aliphatic hydroxyl groups is 2. The van der Waals surface area contributed by atoms with Gasteiger partial charge in [-0.05, 0) is 57.8 Å². The molecule has 4 nitrogen and oxygen atoms in total. The van der Waals surface area contributed by atoms with E-state index in [9.17, 15) is 15.0 Å². The molecular weight excluding hydrogens is 578 g/mol. The van der Waals surface area contributed by atoms with E-state index >= 15 is 0 Å². The molecule has 4 heteroatoms. The summed E-state index contributed by atoms with van der Waals surface area (Å²) in [5, 5.41) is 22.5. The average molecular weight is 654 g/mol. The van der Waals surface area contributed by atoms with Gasteiger partial charge < -0.3 is 15.5 Å². The number of allylic oxidation sites excluding steroid dienone is 11. The summed E-state index contributed by atoms with van der Waals surface area (Å²) in [7, 11) is 0. The number of nitrogens with one attached hydrogen (secondary N) is 1. The van der Waals surface area contributed by atoms with E-state index in [1.165, 1.54) is 89.9 Å². The summed E-state index contributed by atoms with van der Waals surface area (Å²) in [6.07, 6.45) is 54.8.